The summed E-state index contributed by atoms with van der Waals surface area (Å²) < 4.78 is 6.86. The number of hydrogen-bond donors (Lipinski definition) is 1. The van der Waals surface area contributed by atoms with Crippen molar-refractivity contribution >= 4 is 28.5 Å². The summed E-state index contributed by atoms with van der Waals surface area (Å²) in [4.78, 5) is 28.2. The number of fused-ring (bicyclic) bond motifs is 1. The predicted octanol–water partition coefficient (Wildman–Crippen LogP) is 4.06. The van der Waals surface area contributed by atoms with Gasteiger partial charge in [0, 0.05) is 29.8 Å². The molecule has 31 heavy (non-hydrogen) atoms. The zero-order valence-corrected chi connectivity index (χ0v) is 16.8. The Balaban J connectivity index is 1.52. The Morgan fingerprint density at radius 3 is 2.65 bits per heavy atom. The number of nitro groups is 1. The first-order valence-corrected chi connectivity index (χ1v) is 9.80. The molecule has 4 aromatic rings. The topological polar surface area (TPSA) is 129 Å². The molecule has 1 aliphatic carbocycles. The molecule has 0 spiro atoms. The first kappa shape index (κ1) is 18.9. The number of aryl methyl sites for hydroxylation is 2. The van der Waals surface area contributed by atoms with Gasteiger partial charge in [0.2, 0.25) is 0 Å². The van der Waals surface area contributed by atoms with E-state index in [9.17, 15) is 14.9 Å². The van der Waals surface area contributed by atoms with Crippen LogP contribution in [0.2, 0.25) is 0 Å². The quantitative estimate of drug-likeness (QED) is 0.382. The maximum atomic E-state index is 13.3. The SMILES string of the molecule is Cc1cc(NC(=O)c2cc(C3CC3)nc3onc(C)c23)n(-c2ccc([N+](=O)[O-])cc2)n1. The van der Waals surface area contributed by atoms with Gasteiger partial charge in [-0.1, -0.05) is 5.16 Å². The van der Waals surface area contributed by atoms with Gasteiger partial charge in [-0.3, -0.25) is 14.9 Å². The minimum atomic E-state index is -0.464. The highest BCUT2D eigenvalue weighted by Crippen LogP contribution is 2.40. The van der Waals surface area contributed by atoms with Crippen LogP contribution < -0.4 is 5.32 Å². The molecule has 1 amide bonds. The highest BCUT2D eigenvalue weighted by Gasteiger charge is 2.29. The van der Waals surface area contributed by atoms with Gasteiger partial charge in [0.05, 0.1) is 32.9 Å². The van der Waals surface area contributed by atoms with E-state index in [-0.39, 0.29) is 11.6 Å². The summed E-state index contributed by atoms with van der Waals surface area (Å²) in [6, 6.07) is 9.50. The van der Waals surface area contributed by atoms with E-state index in [1.165, 1.54) is 16.8 Å². The van der Waals surface area contributed by atoms with Crippen molar-refractivity contribution in [3.63, 3.8) is 0 Å². The second-order valence-electron chi connectivity index (χ2n) is 7.63. The summed E-state index contributed by atoms with van der Waals surface area (Å²) in [5.74, 6) is 0.460. The summed E-state index contributed by atoms with van der Waals surface area (Å²) >= 11 is 0. The zero-order valence-electron chi connectivity index (χ0n) is 16.8. The number of aromatic nitrogens is 4. The summed E-state index contributed by atoms with van der Waals surface area (Å²) in [5.41, 5.74) is 3.48. The van der Waals surface area contributed by atoms with Crippen LogP contribution in [0.4, 0.5) is 11.5 Å². The van der Waals surface area contributed by atoms with Gasteiger partial charge in [0.15, 0.2) is 0 Å². The van der Waals surface area contributed by atoms with Crippen molar-refractivity contribution in [1.82, 2.24) is 19.9 Å². The molecule has 0 atom stereocenters. The molecule has 10 nitrogen and oxygen atoms in total. The van der Waals surface area contributed by atoms with Crippen molar-refractivity contribution in [2.45, 2.75) is 32.6 Å². The number of anilines is 1. The van der Waals surface area contributed by atoms with E-state index in [0.717, 1.165) is 18.5 Å². The normalized spacial score (nSPS) is 13.5. The van der Waals surface area contributed by atoms with Crippen LogP contribution in [0.3, 0.4) is 0 Å². The number of pyridine rings is 1. The standard InChI is InChI=1S/C21H18N6O4/c1-11-9-18(26(24-11)14-5-7-15(8-6-14)27(29)30)23-20(28)16-10-17(13-3-4-13)22-21-19(16)12(2)25-31-21/h5-10,13H,3-4H2,1-2H3,(H,23,28). The molecule has 1 saturated carbocycles. The average molecular weight is 418 g/mol. The fraction of sp³-hybridized carbons (Fsp3) is 0.238. The van der Waals surface area contributed by atoms with E-state index in [2.05, 4.69) is 20.6 Å². The smallest absolute Gasteiger partial charge is 0.269 e. The molecule has 3 heterocycles. The van der Waals surface area contributed by atoms with Gasteiger partial charge in [-0.15, -0.1) is 0 Å². The van der Waals surface area contributed by atoms with Crippen LogP contribution in [0.1, 0.15) is 46.2 Å². The number of amides is 1. The van der Waals surface area contributed by atoms with Crippen LogP contribution in [-0.2, 0) is 0 Å². The lowest BCUT2D eigenvalue weighted by molar-refractivity contribution is -0.384. The highest BCUT2D eigenvalue weighted by atomic mass is 16.6. The molecule has 3 aromatic heterocycles. The molecule has 0 saturated heterocycles. The van der Waals surface area contributed by atoms with Crippen LogP contribution in [0.5, 0.6) is 0 Å². The van der Waals surface area contributed by atoms with Gasteiger partial charge in [-0.2, -0.15) is 5.10 Å². The first-order valence-electron chi connectivity index (χ1n) is 9.80. The maximum Gasteiger partial charge on any atom is 0.269 e. The molecule has 1 fully saturated rings. The van der Waals surface area contributed by atoms with Crippen LogP contribution in [0.25, 0.3) is 16.8 Å². The largest absolute Gasteiger partial charge is 0.336 e. The molecule has 0 aliphatic heterocycles. The lowest BCUT2D eigenvalue weighted by Gasteiger charge is -2.10. The summed E-state index contributed by atoms with van der Waals surface area (Å²) in [7, 11) is 0. The number of nitro benzene ring substituents is 1. The number of nitrogens with one attached hydrogen (secondary N) is 1. The van der Waals surface area contributed by atoms with E-state index >= 15 is 0 Å². The summed E-state index contributed by atoms with van der Waals surface area (Å²) in [6.07, 6.45) is 2.08. The molecule has 10 heteroatoms. The monoisotopic (exact) mass is 418 g/mol. The Morgan fingerprint density at radius 1 is 1.23 bits per heavy atom. The Hall–Kier alpha value is -4.08. The Bertz CT molecular complexity index is 1330. The van der Waals surface area contributed by atoms with Crippen LogP contribution in [-0.4, -0.2) is 30.8 Å². The molecule has 0 unspecified atom stereocenters. The number of hydrogen-bond acceptors (Lipinski definition) is 7. The Kier molecular flexibility index (Phi) is 4.28. The minimum absolute atomic E-state index is 0.0204. The third-order valence-corrected chi connectivity index (χ3v) is 5.26. The average Bonchev–Trinajstić information content (AvgIpc) is 3.45. The van der Waals surface area contributed by atoms with E-state index in [1.54, 1.807) is 38.1 Å². The Morgan fingerprint density at radius 2 is 1.97 bits per heavy atom. The number of nitrogens with zero attached hydrogens (tertiary/aromatic N) is 5. The number of rotatable bonds is 5. The lowest BCUT2D eigenvalue weighted by Crippen LogP contribution is -2.16. The third-order valence-electron chi connectivity index (χ3n) is 5.26. The van der Waals surface area contributed by atoms with E-state index in [4.69, 9.17) is 4.52 Å². The minimum Gasteiger partial charge on any atom is -0.336 e. The lowest BCUT2D eigenvalue weighted by atomic mass is 10.1. The van der Waals surface area contributed by atoms with E-state index in [1.807, 2.05) is 0 Å². The fourth-order valence-corrected chi connectivity index (χ4v) is 3.57. The molecule has 1 aliphatic rings. The molecule has 0 bridgehead atoms. The molecule has 1 aromatic carbocycles. The number of carbonyl (C=O) groups is 1. The third kappa shape index (κ3) is 3.41. The molecule has 0 radical (unpaired) electrons. The molecule has 1 N–H and O–H groups in total. The van der Waals surface area contributed by atoms with Crippen molar-refractivity contribution in [2.75, 3.05) is 5.32 Å². The molecule has 5 rings (SSSR count). The van der Waals surface area contributed by atoms with Crippen molar-refractivity contribution in [1.29, 1.82) is 0 Å². The van der Waals surface area contributed by atoms with Crippen molar-refractivity contribution < 1.29 is 14.2 Å². The first-order chi connectivity index (χ1) is 14.9. The Labute approximate surface area is 176 Å². The predicted molar refractivity (Wildman–Crippen MR) is 111 cm³/mol. The fourth-order valence-electron chi connectivity index (χ4n) is 3.57. The van der Waals surface area contributed by atoms with Crippen molar-refractivity contribution in [2.24, 2.45) is 0 Å². The van der Waals surface area contributed by atoms with Gasteiger partial charge in [0.1, 0.15) is 5.82 Å². The number of non-ortho nitro benzene ring substituents is 1. The van der Waals surface area contributed by atoms with Crippen LogP contribution >= 0.6 is 0 Å². The number of benzene rings is 1. The maximum absolute atomic E-state index is 13.3. The number of carbonyl (C=O) groups excluding carboxylic acids is 1. The second-order valence-corrected chi connectivity index (χ2v) is 7.63. The molecule has 156 valence electrons. The van der Waals surface area contributed by atoms with Gasteiger partial charge in [-0.25, -0.2) is 9.67 Å². The zero-order chi connectivity index (χ0) is 21.7. The van der Waals surface area contributed by atoms with Crippen LogP contribution in [0.15, 0.2) is 40.9 Å². The van der Waals surface area contributed by atoms with E-state index in [0.29, 0.717) is 45.5 Å². The van der Waals surface area contributed by atoms with E-state index < -0.39 is 4.92 Å². The summed E-state index contributed by atoms with van der Waals surface area (Å²) in [6.45, 7) is 3.57. The van der Waals surface area contributed by atoms with Gasteiger partial charge < -0.3 is 9.84 Å². The van der Waals surface area contributed by atoms with Crippen molar-refractivity contribution in [3.05, 3.63) is 69.2 Å². The van der Waals surface area contributed by atoms with Gasteiger partial charge in [0.25, 0.3) is 17.3 Å². The van der Waals surface area contributed by atoms with Crippen molar-refractivity contribution in [3.8, 4) is 5.69 Å². The highest BCUT2D eigenvalue weighted by molar-refractivity contribution is 6.12. The van der Waals surface area contributed by atoms with Crippen LogP contribution in [0, 0.1) is 24.0 Å². The molecular formula is C21H18N6O4. The van der Waals surface area contributed by atoms with Gasteiger partial charge in [-0.05, 0) is 44.9 Å². The summed E-state index contributed by atoms with van der Waals surface area (Å²) in [5, 5.41) is 22.8. The van der Waals surface area contributed by atoms with Gasteiger partial charge >= 0.3 is 0 Å². The molecular weight excluding hydrogens is 400 g/mol. The second kappa shape index (κ2) is 7.01.